The van der Waals surface area contributed by atoms with E-state index in [0.29, 0.717) is 19.3 Å². The Morgan fingerprint density at radius 1 is 0.610 bits per heavy atom. The number of unbranched alkanes of at least 4 members (excludes halogenated alkanes) is 20. The molecule has 0 radical (unpaired) electrons. The SMILES string of the molecule is CC/C=C/CC(O)/C=C/C=C/CCCCCCCC(=O)O[C@H](COC(=O)CCCCCCCCCCC/C=C\CCCCCCCC)COP(=O)(O)OC[C@H](N)C(=O)O. The number of nitrogens with two attached hydrogens (primary N) is 1. The maximum Gasteiger partial charge on any atom is 0.472 e. The molecule has 13 heteroatoms. The van der Waals surface area contributed by atoms with Gasteiger partial charge in [0.25, 0.3) is 0 Å². The Balaban J connectivity index is 4.37. The van der Waals surface area contributed by atoms with E-state index in [1.807, 2.05) is 24.3 Å². The molecule has 0 aromatic heterocycles. The summed E-state index contributed by atoms with van der Waals surface area (Å²) in [5.74, 6) is -2.44. The first kappa shape index (κ1) is 56.4. The largest absolute Gasteiger partial charge is 0.480 e. The van der Waals surface area contributed by atoms with E-state index in [2.05, 4.69) is 36.6 Å². The smallest absolute Gasteiger partial charge is 0.472 e. The zero-order valence-electron chi connectivity index (χ0n) is 36.7. The van der Waals surface area contributed by atoms with E-state index < -0.39 is 57.2 Å². The third-order valence-corrected chi connectivity index (χ3v) is 10.6. The number of phosphoric acid groups is 1. The number of carboxylic acid groups (broad SMARTS) is 1. The van der Waals surface area contributed by atoms with Crippen molar-refractivity contribution in [3.05, 3.63) is 48.6 Å². The highest BCUT2D eigenvalue weighted by Gasteiger charge is 2.28. The summed E-state index contributed by atoms with van der Waals surface area (Å²) in [6, 6.07) is -1.54. The van der Waals surface area contributed by atoms with E-state index in [4.69, 9.17) is 24.8 Å². The lowest BCUT2D eigenvalue weighted by molar-refractivity contribution is -0.161. The molecule has 2 unspecified atom stereocenters. The van der Waals surface area contributed by atoms with Crippen LogP contribution in [0.5, 0.6) is 0 Å². The van der Waals surface area contributed by atoms with Crippen LogP contribution < -0.4 is 5.73 Å². The van der Waals surface area contributed by atoms with Gasteiger partial charge in [0.2, 0.25) is 0 Å². The zero-order chi connectivity index (χ0) is 43.7. The number of hydrogen-bond donors (Lipinski definition) is 4. The number of aliphatic carboxylic acids is 1. The first-order valence-electron chi connectivity index (χ1n) is 22.8. The maximum absolute atomic E-state index is 12.6. The molecule has 4 atom stereocenters. The van der Waals surface area contributed by atoms with Crippen LogP contribution in [0.2, 0.25) is 0 Å². The quantitative estimate of drug-likeness (QED) is 0.0150. The number of hydrogen-bond acceptors (Lipinski definition) is 10. The number of ether oxygens (including phenoxy) is 2. The van der Waals surface area contributed by atoms with Crippen LogP contribution >= 0.6 is 7.82 Å². The van der Waals surface area contributed by atoms with Crippen molar-refractivity contribution in [1.29, 1.82) is 0 Å². The second-order valence-electron chi connectivity index (χ2n) is 15.4. The van der Waals surface area contributed by atoms with Gasteiger partial charge in [-0.3, -0.25) is 23.4 Å². The van der Waals surface area contributed by atoms with E-state index in [9.17, 15) is 28.9 Å². The highest BCUT2D eigenvalue weighted by Crippen LogP contribution is 2.43. The van der Waals surface area contributed by atoms with Gasteiger partial charge in [0.05, 0.1) is 19.3 Å². The van der Waals surface area contributed by atoms with Gasteiger partial charge in [-0.15, -0.1) is 0 Å². The lowest BCUT2D eigenvalue weighted by Gasteiger charge is -2.20. The molecule has 0 bridgehead atoms. The molecular weight excluding hydrogens is 773 g/mol. The highest BCUT2D eigenvalue weighted by molar-refractivity contribution is 7.47. The number of esters is 2. The summed E-state index contributed by atoms with van der Waals surface area (Å²) in [5.41, 5.74) is 5.33. The van der Waals surface area contributed by atoms with Crippen molar-refractivity contribution in [2.75, 3.05) is 19.8 Å². The Labute approximate surface area is 357 Å². The van der Waals surface area contributed by atoms with Crippen LogP contribution in [-0.2, 0) is 37.5 Å². The van der Waals surface area contributed by atoms with Gasteiger partial charge in [-0.25, -0.2) is 4.57 Å². The summed E-state index contributed by atoms with van der Waals surface area (Å²) in [6.45, 7) is 2.56. The summed E-state index contributed by atoms with van der Waals surface area (Å²) in [5, 5.41) is 18.8. The van der Waals surface area contributed by atoms with E-state index in [0.717, 1.165) is 57.8 Å². The normalized spacial score (nSPS) is 14.7. The predicted octanol–water partition coefficient (Wildman–Crippen LogP) is 11.1. The molecule has 0 fully saturated rings. The fourth-order valence-electron chi connectivity index (χ4n) is 6.04. The third kappa shape index (κ3) is 40.6. The highest BCUT2D eigenvalue weighted by atomic mass is 31.2. The molecule has 0 aliphatic carbocycles. The van der Waals surface area contributed by atoms with E-state index in [-0.39, 0.29) is 19.4 Å². The summed E-state index contributed by atoms with van der Waals surface area (Å²) in [7, 11) is -4.74. The first-order chi connectivity index (χ1) is 28.5. The molecule has 0 spiro atoms. The minimum atomic E-state index is -4.74. The summed E-state index contributed by atoms with van der Waals surface area (Å²) < 4.78 is 32.7. The summed E-state index contributed by atoms with van der Waals surface area (Å²) in [6.07, 6.45) is 42.2. The molecule has 0 aliphatic rings. The summed E-state index contributed by atoms with van der Waals surface area (Å²) in [4.78, 5) is 46.0. The van der Waals surface area contributed by atoms with Crippen molar-refractivity contribution in [3.8, 4) is 0 Å². The molecule has 0 aromatic rings. The monoisotopic (exact) mass is 856 g/mol. The van der Waals surface area contributed by atoms with Crippen molar-refractivity contribution in [2.24, 2.45) is 5.73 Å². The first-order valence-corrected chi connectivity index (χ1v) is 24.3. The van der Waals surface area contributed by atoms with E-state index in [1.54, 1.807) is 6.08 Å². The molecule has 12 nitrogen and oxygen atoms in total. The van der Waals surface area contributed by atoms with Crippen molar-refractivity contribution in [2.45, 2.75) is 205 Å². The van der Waals surface area contributed by atoms with Crippen LogP contribution in [-0.4, -0.2) is 71.1 Å². The van der Waals surface area contributed by atoms with Gasteiger partial charge in [0.1, 0.15) is 12.6 Å². The Morgan fingerprint density at radius 3 is 1.64 bits per heavy atom. The van der Waals surface area contributed by atoms with Gasteiger partial charge in [0.15, 0.2) is 6.10 Å². The van der Waals surface area contributed by atoms with Gasteiger partial charge in [0, 0.05) is 12.8 Å². The van der Waals surface area contributed by atoms with Crippen LogP contribution in [0.15, 0.2) is 48.6 Å². The van der Waals surface area contributed by atoms with Crippen LogP contribution in [0.1, 0.15) is 187 Å². The van der Waals surface area contributed by atoms with Crippen molar-refractivity contribution in [3.63, 3.8) is 0 Å². The van der Waals surface area contributed by atoms with Crippen molar-refractivity contribution in [1.82, 2.24) is 0 Å². The topological polar surface area (TPSA) is 192 Å². The lowest BCUT2D eigenvalue weighted by Crippen LogP contribution is -2.34. The Morgan fingerprint density at radius 2 is 1.10 bits per heavy atom. The molecule has 0 heterocycles. The number of carbonyl (C=O) groups is 3. The molecule has 5 N–H and O–H groups in total. The lowest BCUT2D eigenvalue weighted by atomic mass is 10.1. The minimum absolute atomic E-state index is 0.113. The van der Waals surface area contributed by atoms with Gasteiger partial charge >= 0.3 is 25.7 Å². The zero-order valence-corrected chi connectivity index (χ0v) is 37.6. The van der Waals surface area contributed by atoms with Crippen LogP contribution in [0, 0.1) is 0 Å². The van der Waals surface area contributed by atoms with Gasteiger partial charge in [-0.2, -0.15) is 0 Å². The Hall–Kier alpha value is -2.60. The molecule has 0 aliphatic heterocycles. The number of carboxylic acids is 1. The second-order valence-corrected chi connectivity index (χ2v) is 16.8. The third-order valence-electron chi connectivity index (χ3n) is 9.64. The summed E-state index contributed by atoms with van der Waals surface area (Å²) >= 11 is 0. The molecular formula is C46H82NO11P. The molecule has 0 amide bonds. The van der Waals surface area contributed by atoms with Gasteiger partial charge < -0.3 is 30.3 Å². The van der Waals surface area contributed by atoms with Crippen LogP contribution in [0.25, 0.3) is 0 Å². The average molecular weight is 856 g/mol. The molecule has 0 rings (SSSR count). The fraction of sp³-hybridized carbons (Fsp3) is 0.761. The van der Waals surface area contributed by atoms with Crippen LogP contribution in [0.4, 0.5) is 0 Å². The molecule has 342 valence electrons. The standard InChI is InChI=1S/C46H82NO11P/c1-3-5-7-8-9-10-11-12-13-14-15-16-17-18-19-22-25-28-32-36-44(49)55-38-42(39-56-59(53,54)57-40-43(47)46(51)52)58-45(50)37-33-29-26-23-20-21-24-27-31-35-41(48)34-30-6-4-2/h6,12-13,24,27,30-31,35,41-43,48H,3-5,7-11,14-23,25-26,28-29,32-34,36-40,47H2,1-2H3,(H,51,52)(H,53,54)/b13-12-,27-24+,30-6+,35-31+/t41?,42-,43+/m1/s1. The van der Waals surface area contributed by atoms with E-state index >= 15 is 0 Å². The number of aliphatic hydroxyl groups excluding tert-OH is 1. The average Bonchev–Trinajstić information content (AvgIpc) is 3.20. The molecule has 0 aromatic carbocycles. The van der Waals surface area contributed by atoms with Gasteiger partial charge in [-0.1, -0.05) is 159 Å². The van der Waals surface area contributed by atoms with Crippen molar-refractivity contribution >= 4 is 25.7 Å². The Kier molecular flexibility index (Phi) is 39.0. The number of aliphatic hydroxyl groups is 1. The fourth-order valence-corrected chi connectivity index (χ4v) is 6.81. The predicted molar refractivity (Wildman–Crippen MR) is 237 cm³/mol. The number of carbonyl (C=O) groups excluding carboxylic acids is 2. The molecule has 0 saturated carbocycles. The Bertz CT molecular complexity index is 1210. The number of rotatable bonds is 42. The number of phosphoric ester groups is 1. The molecule has 0 saturated heterocycles. The molecule has 59 heavy (non-hydrogen) atoms. The van der Waals surface area contributed by atoms with Gasteiger partial charge in [-0.05, 0) is 64.2 Å². The second kappa shape index (κ2) is 40.8. The number of allylic oxidation sites excluding steroid dienone is 6. The maximum atomic E-state index is 12.6. The van der Waals surface area contributed by atoms with Crippen LogP contribution in [0.3, 0.4) is 0 Å². The van der Waals surface area contributed by atoms with Crippen molar-refractivity contribution < 1.29 is 52.6 Å². The minimum Gasteiger partial charge on any atom is -0.480 e. The van der Waals surface area contributed by atoms with E-state index in [1.165, 1.54) is 83.5 Å².